The maximum absolute atomic E-state index is 14.6. The van der Waals surface area contributed by atoms with E-state index in [1.54, 1.807) is 17.0 Å². The minimum atomic E-state index is -0.499. The average molecular weight is 376 g/mol. The molecule has 2 aliphatic rings. The zero-order valence-corrected chi connectivity index (χ0v) is 16.6. The number of ether oxygens (including phenoxy) is 1. The Morgan fingerprint density at radius 3 is 2.30 bits per heavy atom. The summed E-state index contributed by atoms with van der Waals surface area (Å²) in [4.78, 5) is 28.0. The van der Waals surface area contributed by atoms with Crippen molar-refractivity contribution in [3.63, 3.8) is 0 Å². The van der Waals surface area contributed by atoms with E-state index in [0.29, 0.717) is 55.7 Å². The van der Waals surface area contributed by atoms with Crippen molar-refractivity contribution in [2.75, 3.05) is 31.1 Å². The smallest absolute Gasteiger partial charge is 0.410 e. The molecule has 0 aromatic heterocycles. The first-order valence-corrected chi connectivity index (χ1v) is 9.73. The minimum Gasteiger partial charge on any atom is -0.444 e. The molecule has 1 aromatic rings. The molecule has 2 saturated heterocycles. The predicted octanol–water partition coefficient (Wildman–Crippen LogP) is 4.11. The van der Waals surface area contributed by atoms with Crippen molar-refractivity contribution in [2.24, 2.45) is 11.8 Å². The lowest BCUT2D eigenvalue weighted by molar-refractivity contribution is 0.0282. The van der Waals surface area contributed by atoms with Crippen LogP contribution in [0.15, 0.2) is 18.2 Å². The molecule has 0 bridgehead atoms. The van der Waals surface area contributed by atoms with Crippen LogP contribution in [0.2, 0.25) is 0 Å². The molecule has 27 heavy (non-hydrogen) atoms. The van der Waals surface area contributed by atoms with Gasteiger partial charge < -0.3 is 14.5 Å². The van der Waals surface area contributed by atoms with Crippen molar-refractivity contribution in [3.05, 3.63) is 29.6 Å². The number of amides is 1. The number of ketones is 1. The van der Waals surface area contributed by atoms with Crippen molar-refractivity contribution in [2.45, 2.75) is 46.1 Å². The normalized spacial score (nSPS) is 22.1. The number of carbonyl (C=O) groups excluding carboxylic acids is 2. The molecule has 0 N–H and O–H groups in total. The number of hydrogen-bond acceptors (Lipinski definition) is 4. The lowest BCUT2D eigenvalue weighted by Gasteiger charge is -2.26. The quantitative estimate of drug-likeness (QED) is 0.742. The Hall–Kier alpha value is -2.11. The Bertz CT molecular complexity index is 715. The Labute approximate surface area is 160 Å². The predicted molar refractivity (Wildman–Crippen MR) is 103 cm³/mol. The van der Waals surface area contributed by atoms with Crippen LogP contribution < -0.4 is 4.90 Å². The standard InChI is InChI=1S/C21H29FN2O3/c1-5-6-19(25)14-7-8-18(17(22)9-14)23-10-15-12-24(13-16(15)11-23)20(26)27-21(2,3)4/h7-9,15-16H,5-6,10-13H2,1-4H3. The van der Waals surface area contributed by atoms with Gasteiger partial charge in [-0.1, -0.05) is 6.92 Å². The van der Waals surface area contributed by atoms with Gasteiger partial charge in [-0.3, -0.25) is 4.79 Å². The van der Waals surface area contributed by atoms with Crippen LogP contribution in [-0.4, -0.2) is 48.6 Å². The Balaban J connectivity index is 1.62. The fourth-order valence-electron chi connectivity index (χ4n) is 3.97. The molecule has 0 aliphatic carbocycles. The number of anilines is 1. The lowest BCUT2D eigenvalue weighted by atomic mass is 10.0. The second-order valence-corrected chi connectivity index (χ2v) is 8.65. The van der Waals surface area contributed by atoms with E-state index in [1.807, 2.05) is 32.6 Å². The van der Waals surface area contributed by atoms with Gasteiger partial charge in [0.25, 0.3) is 0 Å². The summed E-state index contributed by atoms with van der Waals surface area (Å²) in [5, 5.41) is 0. The molecule has 2 aliphatic heterocycles. The first-order valence-electron chi connectivity index (χ1n) is 9.73. The van der Waals surface area contributed by atoms with Gasteiger partial charge in [0, 0.05) is 50.0 Å². The molecule has 1 amide bonds. The van der Waals surface area contributed by atoms with Crippen LogP contribution in [0.1, 0.15) is 50.9 Å². The van der Waals surface area contributed by atoms with E-state index < -0.39 is 5.60 Å². The van der Waals surface area contributed by atoms with Crippen molar-refractivity contribution in [1.82, 2.24) is 4.90 Å². The van der Waals surface area contributed by atoms with Gasteiger partial charge in [0.2, 0.25) is 0 Å². The number of hydrogen-bond donors (Lipinski definition) is 0. The summed E-state index contributed by atoms with van der Waals surface area (Å²) >= 11 is 0. The number of nitrogens with zero attached hydrogens (tertiary/aromatic N) is 2. The summed E-state index contributed by atoms with van der Waals surface area (Å²) < 4.78 is 20.0. The number of likely N-dealkylation sites (tertiary alicyclic amines) is 1. The van der Waals surface area contributed by atoms with Gasteiger partial charge in [0.15, 0.2) is 5.78 Å². The van der Waals surface area contributed by atoms with Gasteiger partial charge in [-0.25, -0.2) is 9.18 Å². The van der Waals surface area contributed by atoms with Gasteiger partial charge >= 0.3 is 6.09 Å². The largest absolute Gasteiger partial charge is 0.444 e. The zero-order chi connectivity index (χ0) is 19.8. The molecular formula is C21H29FN2O3. The van der Waals surface area contributed by atoms with Crippen LogP contribution >= 0.6 is 0 Å². The van der Waals surface area contributed by atoms with Crippen LogP contribution in [0.4, 0.5) is 14.9 Å². The van der Waals surface area contributed by atoms with Crippen LogP contribution in [0.25, 0.3) is 0 Å². The molecule has 3 rings (SSSR count). The summed E-state index contributed by atoms with van der Waals surface area (Å²) in [6.45, 7) is 10.2. The van der Waals surface area contributed by atoms with E-state index in [9.17, 15) is 14.0 Å². The molecule has 0 saturated carbocycles. The maximum atomic E-state index is 14.6. The first kappa shape index (κ1) is 19.6. The molecule has 2 unspecified atom stereocenters. The van der Waals surface area contributed by atoms with Crippen LogP contribution in [0.5, 0.6) is 0 Å². The second kappa shape index (κ2) is 7.49. The summed E-state index contributed by atoms with van der Waals surface area (Å²) in [5.74, 6) is 0.270. The molecule has 0 spiro atoms. The van der Waals surface area contributed by atoms with Gasteiger partial charge in [-0.05, 0) is 45.4 Å². The molecule has 2 atom stereocenters. The van der Waals surface area contributed by atoms with E-state index in [-0.39, 0.29) is 17.7 Å². The first-order chi connectivity index (χ1) is 12.7. The maximum Gasteiger partial charge on any atom is 0.410 e. The molecule has 5 nitrogen and oxygen atoms in total. The summed E-state index contributed by atoms with van der Waals surface area (Å²) in [6.07, 6.45) is 0.923. The highest BCUT2D eigenvalue weighted by atomic mass is 19.1. The fourth-order valence-corrected chi connectivity index (χ4v) is 3.97. The Kier molecular flexibility index (Phi) is 5.45. The van der Waals surface area contributed by atoms with Gasteiger partial charge in [-0.2, -0.15) is 0 Å². The average Bonchev–Trinajstić information content (AvgIpc) is 3.12. The van der Waals surface area contributed by atoms with Gasteiger partial charge in [0.1, 0.15) is 11.4 Å². The van der Waals surface area contributed by atoms with E-state index >= 15 is 0 Å². The number of fused-ring (bicyclic) bond motifs is 1. The highest BCUT2D eigenvalue weighted by Crippen LogP contribution is 2.35. The third-order valence-corrected chi connectivity index (χ3v) is 5.23. The molecule has 6 heteroatoms. The number of benzene rings is 1. The Morgan fingerprint density at radius 2 is 1.78 bits per heavy atom. The third-order valence-electron chi connectivity index (χ3n) is 5.23. The molecule has 148 valence electrons. The number of Topliss-reactive ketones (excluding diaryl/α,β-unsaturated/α-hetero) is 1. The molecule has 2 heterocycles. The molecule has 0 radical (unpaired) electrons. The zero-order valence-electron chi connectivity index (χ0n) is 16.6. The monoisotopic (exact) mass is 376 g/mol. The van der Waals surface area contributed by atoms with E-state index in [4.69, 9.17) is 4.74 Å². The fraction of sp³-hybridized carbons (Fsp3) is 0.619. The lowest BCUT2D eigenvalue weighted by Crippen LogP contribution is -2.37. The van der Waals surface area contributed by atoms with E-state index in [1.165, 1.54) is 6.07 Å². The highest BCUT2D eigenvalue weighted by molar-refractivity contribution is 5.96. The van der Waals surface area contributed by atoms with Crippen molar-refractivity contribution >= 4 is 17.6 Å². The summed E-state index contributed by atoms with van der Waals surface area (Å²) in [7, 11) is 0. The summed E-state index contributed by atoms with van der Waals surface area (Å²) in [6, 6.07) is 4.79. The second-order valence-electron chi connectivity index (χ2n) is 8.65. The number of carbonyl (C=O) groups is 2. The molecular weight excluding hydrogens is 347 g/mol. The molecule has 1 aromatic carbocycles. The van der Waals surface area contributed by atoms with Gasteiger partial charge in [-0.15, -0.1) is 0 Å². The minimum absolute atomic E-state index is 0.0192. The van der Waals surface area contributed by atoms with Crippen LogP contribution in [0.3, 0.4) is 0 Å². The van der Waals surface area contributed by atoms with E-state index in [2.05, 4.69) is 0 Å². The highest BCUT2D eigenvalue weighted by Gasteiger charge is 2.43. The SMILES string of the molecule is CCCC(=O)c1ccc(N2CC3CN(C(=O)OC(C)(C)C)CC3C2)c(F)c1. The van der Waals surface area contributed by atoms with E-state index in [0.717, 1.165) is 6.42 Å². The number of rotatable bonds is 4. The van der Waals surface area contributed by atoms with Crippen molar-refractivity contribution in [1.29, 1.82) is 0 Å². The van der Waals surface area contributed by atoms with Crippen molar-refractivity contribution in [3.8, 4) is 0 Å². The van der Waals surface area contributed by atoms with Crippen molar-refractivity contribution < 1.29 is 18.7 Å². The third kappa shape index (κ3) is 4.42. The Morgan fingerprint density at radius 1 is 1.15 bits per heavy atom. The van der Waals surface area contributed by atoms with Gasteiger partial charge in [0.05, 0.1) is 5.69 Å². The van der Waals surface area contributed by atoms with Crippen LogP contribution in [-0.2, 0) is 4.74 Å². The topological polar surface area (TPSA) is 49.9 Å². The summed E-state index contributed by atoms with van der Waals surface area (Å²) in [5.41, 5.74) is 0.482. The van der Waals surface area contributed by atoms with Crippen LogP contribution in [0, 0.1) is 17.7 Å². The molecule has 2 fully saturated rings. The number of halogens is 1.